The molecule has 1 nitrogen and oxygen atoms in total. The quantitative estimate of drug-likeness (QED) is 0.806. The molecular weight excluding hydrogens is 205 g/mol. The van der Waals surface area contributed by atoms with Crippen molar-refractivity contribution in [2.24, 2.45) is 5.92 Å². The zero-order valence-electron chi connectivity index (χ0n) is 8.60. The number of phenolic OH excluding ortho intramolecular Hbond substituents is 1. The summed E-state index contributed by atoms with van der Waals surface area (Å²) in [4.78, 5) is 0. The molecule has 84 valence electrons. The van der Waals surface area contributed by atoms with Gasteiger partial charge in [-0.05, 0) is 24.5 Å². The average molecular weight is 218 g/mol. The summed E-state index contributed by atoms with van der Waals surface area (Å²) in [6, 6.07) is 4.83. The summed E-state index contributed by atoms with van der Waals surface area (Å²) in [7, 11) is 0. The first-order valence-corrected chi connectivity index (χ1v) is 4.66. The third kappa shape index (κ3) is 2.88. The Morgan fingerprint density at radius 1 is 1.33 bits per heavy atom. The van der Waals surface area contributed by atoms with Crippen LogP contribution in [0.15, 0.2) is 18.2 Å². The second-order valence-corrected chi connectivity index (χ2v) is 3.73. The van der Waals surface area contributed by atoms with Gasteiger partial charge in [-0.2, -0.15) is 13.2 Å². The maximum atomic E-state index is 12.3. The predicted molar refractivity (Wildman–Crippen MR) is 51.8 cm³/mol. The zero-order chi connectivity index (χ0) is 11.6. The molecule has 0 saturated heterocycles. The van der Waals surface area contributed by atoms with Crippen LogP contribution in [0, 0.1) is 12.8 Å². The third-order valence-electron chi connectivity index (χ3n) is 2.41. The van der Waals surface area contributed by atoms with Crippen molar-refractivity contribution in [2.75, 3.05) is 0 Å². The van der Waals surface area contributed by atoms with Gasteiger partial charge in [-0.3, -0.25) is 0 Å². The normalized spacial score (nSPS) is 13.9. The van der Waals surface area contributed by atoms with Gasteiger partial charge in [0.25, 0.3) is 0 Å². The van der Waals surface area contributed by atoms with Gasteiger partial charge >= 0.3 is 6.18 Å². The molecule has 0 aliphatic rings. The summed E-state index contributed by atoms with van der Waals surface area (Å²) < 4.78 is 36.9. The molecule has 0 amide bonds. The number of halogens is 3. The van der Waals surface area contributed by atoms with Crippen LogP contribution in [0.4, 0.5) is 13.2 Å². The molecule has 1 rings (SSSR count). The Morgan fingerprint density at radius 2 is 1.93 bits per heavy atom. The number of hydrogen-bond acceptors (Lipinski definition) is 1. The molecule has 1 aromatic rings. The van der Waals surface area contributed by atoms with Gasteiger partial charge in [0.1, 0.15) is 5.75 Å². The van der Waals surface area contributed by atoms with Crippen LogP contribution in [0.2, 0.25) is 0 Å². The lowest BCUT2D eigenvalue weighted by Crippen LogP contribution is -2.21. The van der Waals surface area contributed by atoms with Gasteiger partial charge in [-0.1, -0.05) is 25.1 Å². The van der Waals surface area contributed by atoms with Crippen molar-refractivity contribution in [3.63, 3.8) is 0 Å². The second kappa shape index (κ2) is 4.13. The van der Waals surface area contributed by atoms with Crippen LogP contribution >= 0.6 is 0 Å². The highest BCUT2D eigenvalue weighted by atomic mass is 19.4. The molecule has 15 heavy (non-hydrogen) atoms. The highest BCUT2D eigenvalue weighted by molar-refractivity contribution is 5.39. The lowest BCUT2D eigenvalue weighted by atomic mass is 9.98. The molecule has 0 bridgehead atoms. The van der Waals surface area contributed by atoms with E-state index in [1.165, 1.54) is 6.07 Å². The van der Waals surface area contributed by atoms with Gasteiger partial charge in [0.15, 0.2) is 0 Å². The van der Waals surface area contributed by atoms with E-state index >= 15 is 0 Å². The van der Waals surface area contributed by atoms with Gasteiger partial charge in [-0.25, -0.2) is 0 Å². The molecule has 0 aromatic heterocycles. The summed E-state index contributed by atoms with van der Waals surface area (Å²) >= 11 is 0. The van der Waals surface area contributed by atoms with Crippen LogP contribution < -0.4 is 0 Å². The first-order valence-electron chi connectivity index (χ1n) is 4.66. The predicted octanol–water partition coefficient (Wildman–Crippen LogP) is 3.44. The van der Waals surface area contributed by atoms with E-state index in [2.05, 4.69) is 0 Å². The fourth-order valence-electron chi connectivity index (χ4n) is 1.33. The van der Waals surface area contributed by atoms with Crippen molar-refractivity contribution >= 4 is 0 Å². The maximum absolute atomic E-state index is 12.3. The molecule has 0 spiro atoms. The van der Waals surface area contributed by atoms with E-state index in [1.54, 1.807) is 19.1 Å². The van der Waals surface area contributed by atoms with Crippen molar-refractivity contribution < 1.29 is 18.3 Å². The SMILES string of the molecule is Cc1cccc(CC(C)C(F)(F)F)c1O. The Kier molecular flexibility index (Phi) is 3.27. The molecule has 0 fully saturated rings. The van der Waals surface area contributed by atoms with Gasteiger partial charge < -0.3 is 5.11 Å². The van der Waals surface area contributed by atoms with E-state index in [4.69, 9.17) is 0 Å². The molecule has 0 aliphatic heterocycles. The van der Waals surface area contributed by atoms with E-state index in [9.17, 15) is 18.3 Å². The number of phenols is 1. The maximum Gasteiger partial charge on any atom is 0.391 e. The second-order valence-electron chi connectivity index (χ2n) is 3.73. The van der Waals surface area contributed by atoms with Crippen LogP contribution in [-0.2, 0) is 6.42 Å². The van der Waals surface area contributed by atoms with Crippen LogP contribution in [0.1, 0.15) is 18.1 Å². The Bertz CT molecular complexity index is 344. The van der Waals surface area contributed by atoms with Crippen molar-refractivity contribution in [2.45, 2.75) is 26.4 Å². The van der Waals surface area contributed by atoms with Crippen LogP contribution in [0.25, 0.3) is 0 Å². The highest BCUT2D eigenvalue weighted by Crippen LogP contribution is 2.32. The number of alkyl halides is 3. The Morgan fingerprint density at radius 3 is 2.47 bits per heavy atom. The van der Waals surface area contributed by atoms with Crippen molar-refractivity contribution in [1.29, 1.82) is 0 Å². The number of rotatable bonds is 2. The summed E-state index contributed by atoms with van der Waals surface area (Å²) in [6.45, 7) is 2.78. The smallest absolute Gasteiger partial charge is 0.391 e. The Hall–Kier alpha value is -1.19. The molecular formula is C11H13F3O. The van der Waals surface area contributed by atoms with Gasteiger partial charge in [0, 0.05) is 0 Å². The molecule has 1 N–H and O–H groups in total. The van der Waals surface area contributed by atoms with Gasteiger partial charge in [0.2, 0.25) is 0 Å². The summed E-state index contributed by atoms with van der Waals surface area (Å²) in [5.74, 6) is -1.47. The molecule has 1 aromatic carbocycles. The van der Waals surface area contributed by atoms with Gasteiger partial charge in [-0.15, -0.1) is 0 Å². The Labute approximate surface area is 86.5 Å². The number of para-hydroxylation sites is 1. The highest BCUT2D eigenvalue weighted by Gasteiger charge is 2.36. The molecule has 4 heteroatoms. The minimum Gasteiger partial charge on any atom is -0.507 e. The molecule has 1 unspecified atom stereocenters. The molecule has 0 heterocycles. The average Bonchev–Trinajstić information content (AvgIpc) is 2.11. The monoisotopic (exact) mass is 218 g/mol. The van der Waals surface area contributed by atoms with Gasteiger partial charge in [0.05, 0.1) is 5.92 Å². The van der Waals surface area contributed by atoms with Crippen LogP contribution in [0.5, 0.6) is 5.75 Å². The van der Waals surface area contributed by atoms with Crippen LogP contribution in [0.3, 0.4) is 0 Å². The fourth-order valence-corrected chi connectivity index (χ4v) is 1.33. The molecule has 0 aliphatic carbocycles. The number of aromatic hydroxyl groups is 1. The van der Waals surface area contributed by atoms with Crippen LogP contribution in [-0.4, -0.2) is 11.3 Å². The topological polar surface area (TPSA) is 20.2 Å². The number of hydrogen-bond donors (Lipinski definition) is 1. The standard InChI is InChI=1S/C11H13F3O/c1-7-4-3-5-9(10(7)15)6-8(2)11(12,13)14/h3-5,8,15H,6H2,1-2H3. The zero-order valence-corrected chi connectivity index (χ0v) is 8.60. The first kappa shape index (κ1) is 11.9. The van der Waals surface area contributed by atoms with E-state index < -0.39 is 12.1 Å². The minimum atomic E-state index is -4.21. The largest absolute Gasteiger partial charge is 0.507 e. The number of aryl methyl sites for hydroxylation is 1. The lowest BCUT2D eigenvalue weighted by molar-refractivity contribution is -0.169. The minimum absolute atomic E-state index is 0.0337. The fraction of sp³-hybridized carbons (Fsp3) is 0.455. The van der Waals surface area contributed by atoms with E-state index in [0.717, 1.165) is 6.92 Å². The Balaban J connectivity index is 2.86. The number of benzene rings is 1. The summed E-state index contributed by atoms with van der Waals surface area (Å²) in [6.07, 6.45) is -4.40. The molecule has 0 saturated carbocycles. The van der Waals surface area contributed by atoms with Crippen molar-refractivity contribution in [3.05, 3.63) is 29.3 Å². The third-order valence-corrected chi connectivity index (χ3v) is 2.41. The first-order chi connectivity index (χ1) is 6.82. The summed E-state index contributed by atoms with van der Waals surface area (Å²) in [5, 5.41) is 9.54. The van der Waals surface area contributed by atoms with Crippen molar-refractivity contribution in [1.82, 2.24) is 0 Å². The molecule has 1 atom stereocenters. The summed E-state index contributed by atoms with van der Waals surface area (Å²) in [5.41, 5.74) is 0.946. The van der Waals surface area contributed by atoms with E-state index in [1.807, 2.05) is 0 Å². The lowest BCUT2D eigenvalue weighted by Gasteiger charge is -2.16. The van der Waals surface area contributed by atoms with E-state index in [-0.39, 0.29) is 12.2 Å². The van der Waals surface area contributed by atoms with E-state index in [0.29, 0.717) is 11.1 Å². The molecule has 0 radical (unpaired) electrons. The van der Waals surface area contributed by atoms with Crippen molar-refractivity contribution in [3.8, 4) is 5.75 Å².